The maximum Gasteiger partial charge on any atom is 0.321 e. The summed E-state index contributed by atoms with van der Waals surface area (Å²) in [6, 6.07) is 3.71. The molecule has 1 aromatic carbocycles. The van der Waals surface area contributed by atoms with Crippen LogP contribution >= 0.6 is 0 Å². The summed E-state index contributed by atoms with van der Waals surface area (Å²) in [5.74, 6) is -1.07. The van der Waals surface area contributed by atoms with Crippen molar-refractivity contribution in [2.75, 3.05) is 33.2 Å². The second kappa shape index (κ2) is 7.89. The molecule has 0 aromatic heterocycles. The van der Waals surface area contributed by atoms with Gasteiger partial charge in [0.25, 0.3) is 0 Å². The van der Waals surface area contributed by atoms with Gasteiger partial charge < -0.3 is 5.32 Å². The van der Waals surface area contributed by atoms with Crippen molar-refractivity contribution < 1.29 is 22.4 Å². The Balaban J connectivity index is 1.99. The molecule has 1 atom stereocenters. The first-order chi connectivity index (χ1) is 11.8. The molecule has 25 heavy (non-hydrogen) atoms. The first-order valence-electron chi connectivity index (χ1n) is 7.78. The molecule has 1 heterocycles. The minimum atomic E-state index is -3.77. The van der Waals surface area contributed by atoms with Gasteiger partial charge in [-0.05, 0) is 25.1 Å². The fraction of sp³-hybridized carbons (Fsp3) is 0.467. The number of imide groups is 1. The van der Waals surface area contributed by atoms with Crippen LogP contribution in [-0.2, 0) is 14.8 Å². The second-order valence-electron chi connectivity index (χ2n) is 5.64. The molecular weight excluding hydrogens is 351 g/mol. The van der Waals surface area contributed by atoms with Gasteiger partial charge in [-0.25, -0.2) is 17.6 Å². The number of carbonyl (C=O) groups excluding carboxylic acids is 2. The molecule has 0 aliphatic carbocycles. The summed E-state index contributed by atoms with van der Waals surface area (Å²) in [5.41, 5.74) is 0. The number of nitrogens with one attached hydrogen (secondary N) is 2. The lowest BCUT2D eigenvalue weighted by atomic mass is 10.2. The predicted octanol–water partition coefficient (Wildman–Crippen LogP) is -0.0239. The van der Waals surface area contributed by atoms with Crippen molar-refractivity contribution in [2.24, 2.45) is 0 Å². The molecule has 1 saturated heterocycles. The first-order valence-corrected chi connectivity index (χ1v) is 9.22. The van der Waals surface area contributed by atoms with Gasteiger partial charge in [-0.15, -0.1) is 0 Å². The standard InChI is InChI=1S/C15H21FN4O4S/c1-11(14(21)18-15(22)17-2)19-6-8-20(9-7-19)25(23,24)13-5-3-4-12(16)10-13/h3-5,10-11H,6-9H2,1-2H3,(H2,17,18,21,22). The van der Waals surface area contributed by atoms with E-state index in [0.717, 1.165) is 6.07 Å². The van der Waals surface area contributed by atoms with Crippen LogP contribution in [0.4, 0.5) is 9.18 Å². The zero-order chi connectivity index (χ0) is 18.6. The molecule has 1 unspecified atom stereocenters. The van der Waals surface area contributed by atoms with E-state index in [1.54, 1.807) is 11.8 Å². The average molecular weight is 372 g/mol. The third-order valence-corrected chi connectivity index (χ3v) is 5.99. The summed E-state index contributed by atoms with van der Waals surface area (Å²) in [7, 11) is -2.37. The van der Waals surface area contributed by atoms with Gasteiger partial charge in [0.15, 0.2) is 0 Å². The number of nitrogens with zero attached hydrogens (tertiary/aromatic N) is 2. The minimum absolute atomic E-state index is 0.0913. The van der Waals surface area contributed by atoms with E-state index in [0.29, 0.717) is 13.1 Å². The lowest BCUT2D eigenvalue weighted by molar-refractivity contribution is -0.125. The van der Waals surface area contributed by atoms with Crippen molar-refractivity contribution in [3.63, 3.8) is 0 Å². The van der Waals surface area contributed by atoms with Crippen LogP contribution in [0.1, 0.15) is 6.92 Å². The van der Waals surface area contributed by atoms with E-state index in [4.69, 9.17) is 0 Å². The summed E-state index contributed by atoms with van der Waals surface area (Å²) in [4.78, 5) is 24.9. The smallest absolute Gasteiger partial charge is 0.321 e. The molecule has 10 heteroatoms. The van der Waals surface area contributed by atoms with E-state index < -0.39 is 33.8 Å². The second-order valence-corrected chi connectivity index (χ2v) is 7.58. The highest BCUT2D eigenvalue weighted by Gasteiger charge is 2.32. The molecule has 1 fully saturated rings. The van der Waals surface area contributed by atoms with Gasteiger partial charge in [-0.1, -0.05) is 6.07 Å². The summed E-state index contributed by atoms with van der Waals surface area (Å²) in [6.45, 7) is 2.66. The summed E-state index contributed by atoms with van der Waals surface area (Å²) < 4.78 is 39.6. The normalized spacial score (nSPS) is 17.7. The molecule has 1 aromatic rings. The Bertz CT molecular complexity index is 748. The van der Waals surface area contributed by atoms with E-state index in [1.165, 1.54) is 29.6 Å². The highest BCUT2D eigenvalue weighted by molar-refractivity contribution is 7.89. The average Bonchev–Trinajstić information content (AvgIpc) is 2.61. The molecule has 1 aliphatic rings. The van der Waals surface area contributed by atoms with Crippen LogP contribution in [0.15, 0.2) is 29.2 Å². The number of carbonyl (C=O) groups is 2. The number of rotatable bonds is 4. The molecule has 0 bridgehead atoms. The molecule has 2 rings (SSSR count). The van der Waals surface area contributed by atoms with Gasteiger partial charge in [0, 0.05) is 33.2 Å². The molecule has 138 valence electrons. The third-order valence-electron chi connectivity index (χ3n) is 4.10. The number of sulfonamides is 1. The van der Waals surface area contributed by atoms with Gasteiger partial charge in [0.2, 0.25) is 15.9 Å². The highest BCUT2D eigenvalue weighted by atomic mass is 32.2. The molecule has 0 saturated carbocycles. The maximum atomic E-state index is 13.3. The fourth-order valence-corrected chi connectivity index (χ4v) is 4.01. The summed E-state index contributed by atoms with van der Waals surface area (Å²) in [5, 5.41) is 4.49. The van der Waals surface area contributed by atoms with Crippen molar-refractivity contribution in [3.8, 4) is 0 Å². The minimum Gasteiger partial charge on any atom is -0.341 e. The molecular formula is C15H21FN4O4S. The predicted molar refractivity (Wildman–Crippen MR) is 88.8 cm³/mol. The van der Waals surface area contributed by atoms with E-state index in [9.17, 15) is 22.4 Å². The zero-order valence-corrected chi connectivity index (χ0v) is 14.8. The van der Waals surface area contributed by atoms with Gasteiger partial charge in [0.05, 0.1) is 10.9 Å². The van der Waals surface area contributed by atoms with Crippen molar-refractivity contribution >= 4 is 22.0 Å². The zero-order valence-electron chi connectivity index (χ0n) is 14.0. The molecule has 3 amide bonds. The van der Waals surface area contributed by atoms with Crippen molar-refractivity contribution in [1.82, 2.24) is 19.8 Å². The number of amides is 3. The van der Waals surface area contributed by atoms with Crippen molar-refractivity contribution in [1.29, 1.82) is 0 Å². The van der Waals surface area contributed by atoms with Crippen LogP contribution in [0.25, 0.3) is 0 Å². The Hall–Kier alpha value is -2.04. The summed E-state index contributed by atoms with van der Waals surface area (Å²) >= 11 is 0. The SMILES string of the molecule is CNC(=O)NC(=O)C(C)N1CCN(S(=O)(=O)c2cccc(F)c2)CC1. The monoisotopic (exact) mass is 372 g/mol. The van der Waals surface area contributed by atoms with E-state index in [2.05, 4.69) is 10.6 Å². The van der Waals surface area contributed by atoms with Crippen LogP contribution in [0, 0.1) is 5.82 Å². The Morgan fingerprint density at radius 2 is 1.84 bits per heavy atom. The van der Waals surface area contributed by atoms with Crippen LogP contribution < -0.4 is 10.6 Å². The fourth-order valence-electron chi connectivity index (χ4n) is 2.55. The number of hydrogen-bond donors (Lipinski definition) is 2. The number of benzene rings is 1. The van der Waals surface area contributed by atoms with E-state index in [-0.39, 0.29) is 18.0 Å². The number of halogens is 1. The Morgan fingerprint density at radius 1 is 1.20 bits per heavy atom. The van der Waals surface area contributed by atoms with Crippen LogP contribution in [0.5, 0.6) is 0 Å². The Labute approximate surface area is 146 Å². The van der Waals surface area contributed by atoms with Gasteiger partial charge in [-0.2, -0.15) is 4.31 Å². The van der Waals surface area contributed by atoms with Crippen molar-refractivity contribution in [2.45, 2.75) is 17.9 Å². The van der Waals surface area contributed by atoms with E-state index >= 15 is 0 Å². The van der Waals surface area contributed by atoms with Gasteiger partial charge in [0.1, 0.15) is 5.82 Å². The Kier molecular flexibility index (Phi) is 6.09. The lowest BCUT2D eigenvalue weighted by Crippen LogP contribution is -2.56. The molecule has 1 aliphatic heterocycles. The quantitative estimate of drug-likeness (QED) is 0.774. The summed E-state index contributed by atoms with van der Waals surface area (Å²) in [6.07, 6.45) is 0. The van der Waals surface area contributed by atoms with Crippen LogP contribution in [0.3, 0.4) is 0 Å². The lowest BCUT2D eigenvalue weighted by Gasteiger charge is -2.36. The molecule has 2 N–H and O–H groups in total. The van der Waals surface area contributed by atoms with Crippen LogP contribution in [-0.4, -0.2) is 68.8 Å². The van der Waals surface area contributed by atoms with Crippen LogP contribution in [0.2, 0.25) is 0 Å². The largest absolute Gasteiger partial charge is 0.341 e. The maximum absolute atomic E-state index is 13.3. The molecule has 8 nitrogen and oxygen atoms in total. The highest BCUT2D eigenvalue weighted by Crippen LogP contribution is 2.19. The van der Waals surface area contributed by atoms with Gasteiger partial charge >= 0.3 is 6.03 Å². The van der Waals surface area contributed by atoms with Gasteiger partial charge in [-0.3, -0.25) is 15.0 Å². The van der Waals surface area contributed by atoms with E-state index in [1.807, 2.05) is 0 Å². The molecule has 0 radical (unpaired) electrons. The Morgan fingerprint density at radius 3 is 2.40 bits per heavy atom. The first kappa shape index (κ1) is 19.3. The van der Waals surface area contributed by atoms with Crippen molar-refractivity contribution in [3.05, 3.63) is 30.1 Å². The molecule has 0 spiro atoms. The number of hydrogen-bond acceptors (Lipinski definition) is 5. The third kappa shape index (κ3) is 4.53. The number of piperazine rings is 1. The topological polar surface area (TPSA) is 98.8 Å². The number of urea groups is 1.